The smallest absolute Gasteiger partial charge is 0.414 e. The minimum absolute atomic E-state index is 0.0110. The molecule has 0 saturated carbocycles. The lowest BCUT2D eigenvalue weighted by molar-refractivity contribution is -0.525. The van der Waals surface area contributed by atoms with E-state index in [1.165, 1.54) is 0 Å². The molecule has 0 unspecified atom stereocenters. The predicted octanol–water partition coefficient (Wildman–Crippen LogP) is 3.22. The van der Waals surface area contributed by atoms with Crippen LogP contribution in [0.2, 0.25) is 0 Å². The van der Waals surface area contributed by atoms with Crippen LogP contribution in [-0.4, -0.2) is 126 Å². The first-order chi connectivity index (χ1) is 38.2. The Morgan fingerprint density at radius 3 is 1.81 bits per heavy atom. The summed E-state index contributed by atoms with van der Waals surface area (Å²) >= 11 is 0. The van der Waals surface area contributed by atoms with E-state index in [1.807, 2.05) is 91.0 Å². The van der Waals surface area contributed by atoms with Gasteiger partial charge in [-0.25, -0.2) is 19.9 Å². The lowest BCUT2D eigenvalue weighted by atomic mass is 9.93. The van der Waals surface area contributed by atoms with Crippen LogP contribution in [0.1, 0.15) is 76.1 Å². The number of nitro groups is 1. The van der Waals surface area contributed by atoms with Crippen molar-refractivity contribution < 1.29 is 67.3 Å². The number of hydrazine groups is 1. The molecule has 80 heavy (non-hydrogen) atoms. The van der Waals surface area contributed by atoms with Gasteiger partial charge in [0.25, 0.3) is 11.9 Å². The van der Waals surface area contributed by atoms with Crippen molar-refractivity contribution in [3.63, 3.8) is 0 Å². The molecule has 9 N–H and O–H groups in total. The summed E-state index contributed by atoms with van der Waals surface area (Å²) in [4.78, 5) is 96.1. The maximum Gasteiger partial charge on any atom is 0.414 e. The molecule has 0 aromatic heterocycles. The SMILES string of the molecule is CC(C)[C@H](N[C@@H]1[C@@H](OCc2ccccc2)[C@H](OCc2ccccc2)[C@@H](COCc2ccccc2)O[C@@H]1O)C(=O)N[C@@H](CC(=O)OCc1ccccc1)C(=O)NCC(=O)N[C@@H](CCCN=C(N)N[N+](=O)[O-])C(=O)NC(=O)OC(C)(C)C. The summed E-state index contributed by atoms with van der Waals surface area (Å²) in [5.74, 6) is -5.65. The number of carbonyl (C=O) groups excluding carboxylic acids is 6. The summed E-state index contributed by atoms with van der Waals surface area (Å²) in [6.45, 7) is 7.51. The lowest BCUT2D eigenvalue weighted by Crippen LogP contribution is -2.68. The number of aliphatic hydroxyl groups is 1. The number of aliphatic hydroxyl groups excluding tert-OH is 1. The number of benzene rings is 4. The van der Waals surface area contributed by atoms with Gasteiger partial charge < -0.3 is 55.2 Å². The summed E-state index contributed by atoms with van der Waals surface area (Å²) in [7, 11) is 0. The number of alkyl carbamates (subject to hydrolysis) is 1. The van der Waals surface area contributed by atoms with Crippen molar-refractivity contribution in [1.29, 1.82) is 0 Å². The van der Waals surface area contributed by atoms with Crippen LogP contribution in [0, 0.1) is 16.0 Å². The largest absolute Gasteiger partial charge is 0.461 e. The van der Waals surface area contributed by atoms with Crippen molar-refractivity contribution in [3.8, 4) is 0 Å². The average Bonchev–Trinajstić information content (AvgIpc) is 3.49. The maximum atomic E-state index is 14.7. The molecular formula is C56H73N9O15. The molecule has 0 aliphatic carbocycles. The molecular weight excluding hydrogens is 1040 g/mol. The quantitative estimate of drug-likeness (QED) is 0.00966. The van der Waals surface area contributed by atoms with E-state index in [2.05, 4.69) is 31.6 Å². The monoisotopic (exact) mass is 1110 g/mol. The Balaban J connectivity index is 1.37. The summed E-state index contributed by atoms with van der Waals surface area (Å²) in [6.07, 6.45) is -6.33. The Kier molecular flexibility index (Phi) is 25.4. The molecule has 0 radical (unpaired) electrons. The number of esters is 1. The van der Waals surface area contributed by atoms with Gasteiger partial charge in [0.15, 0.2) is 11.3 Å². The molecule has 1 heterocycles. The van der Waals surface area contributed by atoms with Crippen molar-refractivity contribution in [1.82, 2.24) is 32.0 Å². The summed E-state index contributed by atoms with van der Waals surface area (Å²) in [5, 5.41) is 34.6. The van der Waals surface area contributed by atoms with Gasteiger partial charge in [-0.2, -0.15) is 0 Å². The predicted molar refractivity (Wildman–Crippen MR) is 291 cm³/mol. The van der Waals surface area contributed by atoms with Gasteiger partial charge in [0.05, 0.1) is 51.5 Å². The molecule has 432 valence electrons. The minimum atomic E-state index is -1.66. The van der Waals surface area contributed by atoms with Crippen LogP contribution in [0.3, 0.4) is 0 Å². The zero-order valence-electron chi connectivity index (χ0n) is 45.4. The summed E-state index contributed by atoms with van der Waals surface area (Å²) in [6, 6.07) is 31.6. The molecule has 1 saturated heterocycles. The Hall–Kier alpha value is -7.87. The molecule has 1 aliphatic heterocycles. The zero-order chi connectivity index (χ0) is 58.0. The van der Waals surface area contributed by atoms with Gasteiger partial charge in [0.2, 0.25) is 17.7 Å². The molecule has 4 aromatic carbocycles. The van der Waals surface area contributed by atoms with Crippen molar-refractivity contribution >= 4 is 41.7 Å². The number of imide groups is 1. The van der Waals surface area contributed by atoms with Gasteiger partial charge in [0, 0.05) is 6.54 Å². The van der Waals surface area contributed by atoms with Crippen molar-refractivity contribution in [2.45, 2.75) is 135 Å². The van der Waals surface area contributed by atoms with E-state index in [1.54, 1.807) is 70.4 Å². The molecule has 1 aliphatic rings. The Morgan fingerprint density at radius 1 is 0.738 bits per heavy atom. The fraction of sp³-hybridized carbons (Fsp3) is 0.446. The molecule has 24 heteroatoms. The summed E-state index contributed by atoms with van der Waals surface area (Å²) < 4.78 is 36.4. The number of nitrogens with one attached hydrogen (secondary N) is 6. The first kappa shape index (κ1) is 63.0. The van der Waals surface area contributed by atoms with Gasteiger partial charge in [0.1, 0.15) is 42.6 Å². The van der Waals surface area contributed by atoms with Crippen molar-refractivity contribution in [3.05, 3.63) is 154 Å². The molecule has 1 fully saturated rings. The van der Waals surface area contributed by atoms with Crippen LogP contribution in [0.5, 0.6) is 0 Å². The minimum Gasteiger partial charge on any atom is -0.461 e. The van der Waals surface area contributed by atoms with Crippen LogP contribution < -0.4 is 37.7 Å². The number of ether oxygens (including phenoxy) is 6. The highest BCUT2D eigenvalue weighted by Crippen LogP contribution is 2.29. The number of hydrogen-bond acceptors (Lipinski definition) is 17. The number of carbonyl (C=O) groups is 6. The third kappa shape index (κ3) is 22.5. The first-order valence-corrected chi connectivity index (χ1v) is 26.1. The highest BCUT2D eigenvalue weighted by molar-refractivity contribution is 5.98. The number of rotatable bonds is 29. The van der Waals surface area contributed by atoms with Gasteiger partial charge in [-0.15, -0.1) is 0 Å². The Morgan fingerprint density at radius 2 is 1.27 bits per heavy atom. The molecule has 5 rings (SSSR count). The van der Waals surface area contributed by atoms with E-state index in [4.69, 9.17) is 34.2 Å². The number of nitrogens with two attached hydrogens (primary N) is 1. The van der Waals surface area contributed by atoms with Crippen molar-refractivity contribution in [2.75, 3.05) is 19.7 Å². The zero-order valence-corrected chi connectivity index (χ0v) is 45.4. The maximum absolute atomic E-state index is 14.7. The average molecular weight is 1110 g/mol. The van der Waals surface area contributed by atoms with Gasteiger partial charge in [-0.05, 0) is 61.8 Å². The van der Waals surface area contributed by atoms with E-state index in [9.17, 15) is 44.0 Å². The van der Waals surface area contributed by atoms with E-state index >= 15 is 0 Å². The Bertz CT molecular complexity index is 2630. The van der Waals surface area contributed by atoms with Crippen LogP contribution in [-0.2, 0) is 78.8 Å². The van der Waals surface area contributed by atoms with Crippen molar-refractivity contribution in [2.24, 2.45) is 16.6 Å². The van der Waals surface area contributed by atoms with E-state index < -0.39 is 120 Å². The van der Waals surface area contributed by atoms with E-state index in [-0.39, 0.29) is 52.4 Å². The molecule has 0 bridgehead atoms. The molecule has 8 atom stereocenters. The number of aliphatic imine (C=N–C) groups is 1. The van der Waals surface area contributed by atoms with Gasteiger partial charge in [-0.3, -0.25) is 34.6 Å². The Labute approximate surface area is 464 Å². The van der Waals surface area contributed by atoms with Gasteiger partial charge in [-0.1, -0.05) is 141 Å². The van der Waals surface area contributed by atoms with Crippen LogP contribution in [0.4, 0.5) is 4.79 Å². The fourth-order valence-electron chi connectivity index (χ4n) is 8.16. The summed E-state index contributed by atoms with van der Waals surface area (Å²) in [5.41, 5.74) is 9.41. The molecule has 4 aromatic rings. The second kappa shape index (κ2) is 32.3. The third-order valence-corrected chi connectivity index (χ3v) is 12.0. The van der Waals surface area contributed by atoms with E-state index in [0.29, 0.717) is 5.56 Å². The third-order valence-electron chi connectivity index (χ3n) is 12.0. The number of nitrogens with zero attached hydrogens (tertiary/aromatic N) is 2. The highest BCUT2D eigenvalue weighted by atomic mass is 16.7. The van der Waals surface area contributed by atoms with Crippen LogP contribution >= 0.6 is 0 Å². The highest BCUT2D eigenvalue weighted by Gasteiger charge is 2.49. The second-order valence-electron chi connectivity index (χ2n) is 20.0. The number of amides is 5. The second-order valence-corrected chi connectivity index (χ2v) is 20.0. The molecule has 0 spiro atoms. The van der Waals surface area contributed by atoms with E-state index in [0.717, 1.165) is 16.7 Å². The molecule has 24 nitrogen and oxygen atoms in total. The van der Waals surface area contributed by atoms with Crippen LogP contribution in [0.25, 0.3) is 0 Å². The first-order valence-electron chi connectivity index (χ1n) is 26.1. The van der Waals surface area contributed by atoms with Gasteiger partial charge >= 0.3 is 12.1 Å². The molecule has 5 amide bonds. The topological polar surface area (TPSA) is 332 Å². The standard InChI is InChI=1S/C56H73N9O15/c1-36(2)46(62-47-49(78-34-40-25-16-9-17-26-40)48(77-33-39-23-14-8-15-24-39)43(79-53(47)71)35-75-31-37-19-10-6-11-20-37)52(70)61-42(29-45(67)76-32-38-21-12-7-13-22-38)50(68)59-30-44(66)60-41(27-18-28-58-54(57)64-65(73)74)51(69)63-55(72)80-56(3,4)5/h6-17,19-26,36,41-43,46-49,53,62,71H,18,27-35H2,1-5H3,(H,59,68)(H,60,66)(H,61,70)(H3,57,58,64)(H,63,69,72)/t41-,42-,43+,46-,47+,48+,49+,53-/m0/s1. The van der Waals surface area contributed by atoms with Crippen LogP contribution in [0.15, 0.2) is 126 Å². The number of hydrogen-bond donors (Lipinski definition) is 8. The lowest BCUT2D eigenvalue weighted by Gasteiger charge is -2.46. The fourth-order valence-corrected chi connectivity index (χ4v) is 8.16. The normalized spacial score (nSPS) is 18.4. The number of guanidine groups is 1.